The molecule has 0 saturated carbocycles. The molecule has 1 nitrogen and oxygen atoms in total. The molecule has 0 aliphatic heterocycles. The third-order valence-corrected chi connectivity index (χ3v) is 1.89. The lowest BCUT2D eigenvalue weighted by Crippen LogP contribution is -2.25. The molecule has 1 rings (SSSR count). The van der Waals surface area contributed by atoms with E-state index < -0.39 is 4.87 Å². The van der Waals surface area contributed by atoms with Gasteiger partial charge in [-0.1, -0.05) is 29.8 Å². The first kappa shape index (κ1) is 8.62. The van der Waals surface area contributed by atoms with E-state index in [2.05, 4.69) is 19.6 Å². The second kappa shape index (κ2) is 2.88. The Labute approximate surface area is 73.0 Å². The van der Waals surface area contributed by atoms with Crippen molar-refractivity contribution in [2.24, 2.45) is 5.73 Å². The van der Waals surface area contributed by atoms with Gasteiger partial charge in [0.15, 0.2) is 0 Å². The second-order valence-electron chi connectivity index (χ2n) is 3.01. The molecule has 0 fully saturated rings. The van der Waals surface area contributed by atoms with Crippen molar-refractivity contribution < 1.29 is 0 Å². The van der Waals surface area contributed by atoms with Crippen molar-refractivity contribution >= 4 is 12.6 Å². The van der Waals surface area contributed by atoms with Gasteiger partial charge in [-0.15, -0.1) is 0 Å². The molecule has 2 N–H and O–H groups in total. The van der Waals surface area contributed by atoms with Crippen LogP contribution in [0.3, 0.4) is 0 Å². The molecule has 1 atom stereocenters. The summed E-state index contributed by atoms with van der Waals surface area (Å²) < 4.78 is 0. The standard InChI is InChI=1S/C9H13NS/c1-7-3-5-8(6-4-7)9(2,10)11/h3-6,11H,10H2,1-2H3. The first-order valence-electron chi connectivity index (χ1n) is 3.58. The molecule has 0 radical (unpaired) electrons. The summed E-state index contributed by atoms with van der Waals surface area (Å²) in [5, 5.41) is 0. The van der Waals surface area contributed by atoms with Gasteiger partial charge in [0.2, 0.25) is 0 Å². The van der Waals surface area contributed by atoms with Crippen LogP contribution >= 0.6 is 12.6 Å². The summed E-state index contributed by atoms with van der Waals surface area (Å²) in [5.41, 5.74) is 8.06. The van der Waals surface area contributed by atoms with Crippen molar-refractivity contribution in [1.29, 1.82) is 0 Å². The number of aryl methyl sites for hydroxylation is 1. The van der Waals surface area contributed by atoms with Crippen LogP contribution in [0.15, 0.2) is 24.3 Å². The van der Waals surface area contributed by atoms with Crippen LogP contribution in [-0.4, -0.2) is 0 Å². The third-order valence-electron chi connectivity index (χ3n) is 1.64. The van der Waals surface area contributed by atoms with Crippen LogP contribution in [0, 0.1) is 6.92 Å². The van der Waals surface area contributed by atoms with Crippen molar-refractivity contribution in [1.82, 2.24) is 0 Å². The molecule has 2 heteroatoms. The Bertz CT molecular complexity index is 233. The maximum atomic E-state index is 5.77. The highest BCUT2D eigenvalue weighted by Gasteiger charge is 2.13. The molecule has 0 amide bonds. The number of hydrogen-bond donors (Lipinski definition) is 2. The van der Waals surface area contributed by atoms with Gasteiger partial charge in [-0.2, -0.15) is 12.6 Å². The van der Waals surface area contributed by atoms with Crippen molar-refractivity contribution in [3.8, 4) is 0 Å². The molecule has 0 saturated heterocycles. The van der Waals surface area contributed by atoms with Crippen LogP contribution in [-0.2, 0) is 4.87 Å². The fourth-order valence-corrected chi connectivity index (χ4v) is 1.04. The lowest BCUT2D eigenvalue weighted by Gasteiger charge is -2.17. The number of rotatable bonds is 1. The minimum absolute atomic E-state index is 0.520. The Morgan fingerprint density at radius 2 is 1.73 bits per heavy atom. The predicted molar refractivity (Wildman–Crippen MR) is 51.7 cm³/mol. The van der Waals surface area contributed by atoms with Gasteiger partial charge < -0.3 is 5.73 Å². The fourth-order valence-electron chi connectivity index (χ4n) is 0.891. The first-order chi connectivity index (χ1) is 5.00. The number of thiol groups is 1. The normalized spacial score (nSPS) is 16.0. The van der Waals surface area contributed by atoms with E-state index in [0.717, 1.165) is 5.56 Å². The Morgan fingerprint density at radius 3 is 2.09 bits per heavy atom. The van der Waals surface area contributed by atoms with Crippen molar-refractivity contribution in [3.63, 3.8) is 0 Å². The average Bonchev–Trinajstić information content (AvgIpc) is 1.86. The highest BCUT2D eigenvalue weighted by Crippen LogP contribution is 2.21. The van der Waals surface area contributed by atoms with Gasteiger partial charge in [-0.3, -0.25) is 0 Å². The van der Waals surface area contributed by atoms with E-state index in [9.17, 15) is 0 Å². The summed E-state index contributed by atoms with van der Waals surface area (Å²) in [5.74, 6) is 0. The summed E-state index contributed by atoms with van der Waals surface area (Å²) in [4.78, 5) is -0.520. The molecule has 0 aliphatic carbocycles. The largest absolute Gasteiger partial charge is 0.314 e. The molecule has 11 heavy (non-hydrogen) atoms. The van der Waals surface area contributed by atoms with E-state index in [1.165, 1.54) is 5.56 Å². The van der Waals surface area contributed by atoms with E-state index in [-0.39, 0.29) is 0 Å². The highest BCUT2D eigenvalue weighted by atomic mass is 32.1. The number of benzene rings is 1. The maximum Gasteiger partial charge on any atom is 0.0818 e. The topological polar surface area (TPSA) is 26.0 Å². The van der Waals surface area contributed by atoms with E-state index in [1.807, 2.05) is 31.2 Å². The molecule has 0 bridgehead atoms. The monoisotopic (exact) mass is 167 g/mol. The van der Waals surface area contributed by atoms with Gasteiger partial charge >= 0.3 is 0 Å². The fraction of sp³-hybridized carbons (Fsp3) is 0.333. The van der Waals surface area contributed by atoms with Crippen LogP contribution < -0.4 is 5.73 Å². The Hall–Kier alpha value is -0.470. The van der Waals surface area contributed by atoms with Gasteiger partial charge in [0.25, 0.3) is 0 Å². The molecule has 0 aliphatic rings. The minimum atomic E-state index is -0.520. The van der Waals surface area contributed by atoms with E-state index in [1.54, 1.807) is 0 Å². The van der Waals surface area contributed by atoms with Crippen LogP contribution in [0.2, 0.25) is 0 Å². The van der Waals surface area contributed by atoms with Gasteiger partial charge in [-0.05, 0) is 19.4 Å². The van der Waals surface area contributed by atoms with E-state index in [0.29, 0.717) is 0 Å². The summed E-state index contributed by atoms with van der Waals surface area (Å²) in [7, 11) is 0. The number of nitrogens with two attached hydrogens (primary N) is 1. The van der Waals surface area contributed by atoms with Gasteiger partial charge in [0, 0.05) is 0 Å². The molecule has 60 valence electrons. The van der Waals surface area contributed by atoms with E-state index in [4.69, 9.17) is 5.73 Å². The summed E-state index contributed by atoms with van der Waals surface area (Å²) in [6.07, 6.45) is 0. The smallest absolute Gasteiger partial charge is 0.0818 e. The third kappa shape index (κ3) is 2.24. The summed E-state index contributed by atoms with van der Waals surface area (Å²) in [6.45, 7) is 3.93. The molecular weight excluding hydrogens is 154 g/mol. The minimum Gasteiger partial charge on any atom is -0.314 e. The predicted octanol–water partition coefficient (Wildman–Crippen LogP) is 2.06. The molecule has 1 unspecified atom stereocenters. The van der Waals surface area contributed by atoms with Gasteiger partial charge in [0.05, 0.1) is 4.87 Å². The Balaban J connectivity index is 2.99. The Morgan fingerprint density at radius 1 is 1.27 bits per heavy atom. The quantitative estimate of drug-likeness (QED) is 0.486. The lowest BCUT2D eigenvalue weighted by atomic mass is 10.1. The van der Waals surface area contributed by atoms with Crippen molar-refractivity contribution in [3.05, 3.63) is 35.4 Å². The molecule has 0 spiro atoms. The maximum absolute atomic E-state index is 5.77. The average molecular weight is 167 g/mol. The zero-order valence-electron chi connectivity index (χ0n) is 6.83. The van der Waals surface area contributed by atoms with Crippen LogP contribution in [0.4, 0.5) is 0 Å². The zero-order valence-corrected chi connectivity index (χ0v) is 7.73. The first-order valence-corrected chi connectivity index (χ1v) is 4.03. The number of hydrogen-bond acceptors (Lipinski definition) is 2. The molecule has 0 aromatic heterocycles. The van der Waals surface area contributed by atoms with Crippen molar-refractivity contribution in [2.75, 3.05) is 0 Å². The summed E-state index contributed by atoms with van der Waals surface area (Å²) >= 11 is 4.26. The lowest BCUT2D eigenvalue weighted by molar-refractivity contribution is 0.745. The summed E-state index contributed by atoms with van der Waals surface area (Å²) in [6, 6.07) is 8.08. The molecule has 1 aromatic rings. The van der Waals surface area contributed by atoms with Gasteiger partial charge in [-0.25, -0.2) is 0 Å². The van der Waals surface area contributed by atoms with Crippen LogP contribution in [0.25, 0.3) is 0 Å². The highest BCUT2D eigenvalue weighted by molar-refractivity contribution is 7.81. The second-order valence-corrected chi connectivity index (χ2v) is 3.94. The molecule has 1 aromatic carbocycles. The molecular formula is C9H13NS. The molecule has 0 heterocycles. The zero-order chi connectivity index (χ0) is 8.48. The van der Waals surface area contributed by atoms with Crippen LogP contribution in [0.5, 0.6) is 0 Å². The van der Waals surface area contributed by atoms with Gasteiger partial charge in [0.1, 0.15) is 0 Å². The van der Waals surface area contributed by atoms with Crippen molar-refractivity contribution in [2.45, 2.75) is 18.7 Å². The Kier molecular flexibility index (Phi) is 2.25. The SMILES string of the molecule is Cc1ccc(C(C)(N)S)cc1. The van der Waals surface area contributed by atoms with Crippen LogP contribution in [0.1, 0.15) is 18.1 Å². The van der Waals surface area contributed by atoms with E-state index >= 15 is 0 Å².